The summed E-state index contributed by atoms with van der Waals surface area (Å²) in [5.41, 5.74) is 1.32. The van der Waals surface area contributed by atoms with Gasteiger partial charge >= 0.3 is 5.97 Å². The first kappa shape index (κ1) is 17.5. The fourth-order valence-corrected chi connectivity index (χ4v) is 2.15. The van der Waals surface area contributed by atoms with E-state index in [9.17, 15) is 19.1 Å². The lowest BCUT2D eigenvalue weighted by molar-refractivity contribution is -0.121. The second kappa shape index (κ2) is 7.59. The number of likely N-dealkylation sites (N-methyl/N-ethyl adjacent to an activating group) is 1. The molecular formula is C18H18FNO4. The number of anilines is 1. The van der Waals surface area contributed by atoms with Crippen molar-refractivity contribution in [1.82, 2.24) is 0 Å². The molecule has 0 heterocycles. The van der Waals surface area contributed by atoms with Gasteiger partial charge in [0, 0.05) is 12.2 Å². The van der Waals surface area contributed by atoms with Crippen molar-refractivity contribution in [3.8, 4) is 5.75 Å². The minimum Gasteiger partial charge on any atom is -0.508 e. The monoisotopic (exact) mass is 331 g/mol. The molecule has 6 heteroatoms. The van der Waals surface area contributed by atoms with Crippen LogP contribution in [0, 0.1) is 12.7 Å². The highest BCUT2D eigenvalue weighted by Gasteiger charge is 2.17. The maximum Gasteiger partial charge on any atom is 0.338 e. The second-order valence-corrected chi connectivity index (χ2v) is 5.19. The van der Waals surface area contributed by atoms with Gasteiger partial charge in [-0.05, 0) is 55.8 Å². The Kier molecular flexibility index (Phi) is 5.52. The largest absolute Gasteiger partial charge is 0.508 e. The summed E-state index contributed by atoms with van der Waals surface area (Å²) in [5, 5.41) is 9.61. The molecular weight excluding hydrogens is 313 g/mol. The minimum absolute atomic E-state index is 0.0164. The van der Waals surface area contributed by atoms with Gasteiger partial charge in [-0.1, -0.05) is 6.07 Å². The number of hydrogen-bond donors (Lipinski definition) is 1. The Hall–Kier alpha value is -2.89. The smallest absolute Gasteiger partial charge is 0.338 e. The summed E-state index contributed by atoms with van der Waals surface area (Å²) in [4.78, 5) is 25.6. The number of amides is 1. The Morgan fingerprint density at radius 1 is 1.17 bits per heavy atom. The molecule has 2 aromatic rings. The quantitative estimate of drug-likeness (QED) is 0.855. The van der Waals surface area contributed by atoms with Gasteiger partial charge in [0.1, 0.15) is 11.6 Å². The van der Waals surface area contributed by atoms with Crippen LogP contribution >= 0.6 is 0 Å². The van der Waals surface area contributed by atoms with Crippen LogP contribution in [-0.4, -0.2) is 30.1 Å². The van der Waals surface area contributed by atoms with Crippen molar-refractivity contribution in [3.05, 3.63) is 59.4 Å². The SMILES string of the molecule is CCN(C(=O)COC(=O)c1ccc(C)c(O)c1)c1ccc(F)cc1. The van der Waals surface area contributed by atoms with Crippen LogP contribution in [0.1, 0.15) is 22.8 Å². The summed E-state index contributed by atoms with van der Waals surface area (Å²) in [6.07, 6.45) is 0. The van der Waals surface area contributed by atoms with Crippen LogP contribution in [-0.2, 0) is 9.53 Å². The summed E-state index contributed by atoms with van der Waals surface area (Å²) in [6.45, 7) is 3.38. The molecule has 0 atom stereocenters. The third kappa shape index (κ3) is 4.10. The molecule has 2 aromatic carbocycles. The highest BCUT2D eigenvalue weighted by atomic mass is 19.1. The lowest BCUT2D eigenvalue weighted by Gasteiger charge is -2.20. The van der Waals surface area contributed by atoms with Crippen molar-refractivity contribution in [1.29, 1.82) is 0 Å². The first-order valence-electron chi connectivity index (χ1n) is 7.45. The number of carbonyl (C=O) groups excluding carboxylic acids is 2. The average molecular weight is 331 g/mol. The second-order valence-electron chi connectivity index (χ2n) is 5.19. The van der Waals surface area contributed by atoms with Gasteiger partial charge in [0.15, 0.2) is 6.61 Å². The molecule has 0 radical (unpaired) electrons. The molecule has 0 fully saturated rings. The van der Waals surface area contributed by atoms with Crippen molar-refractivity contribution < 1.29 is 23.8 Å². The van der Waals surface area contributed by atoms with Gasteiger partial charge in [0.2, 0.25) is 0 Å². The predicted octanol–water partition coefficient (Wildman–Crippen LogP) is 3.05. The zero-order valence-electron chi connectivity index (χ0n) is 13.5. The van der Waals surface area contributed by atoms with E-state index < -0.39 is 24.3 Å². The number of carbonyl (C=O) groups is 2. The number of phenolic OH excluding ortho intramolecular Hbond substituents is 1. The molecule has 0 aliphatic rings. The highest BCUT2D eigenvalue weighted by molar-refractivity contribution is 5.97. The number of nitrogens with zero attached hydrogens (tertiary/aromatic N) is 1. The summed E-state index contributed by atoms with van der Waals surface area (Å²) < 4.78 is 18.0. The lowest BCUT2D eigenvalue weighted by Crippen LogP contribution is -2.34. The molecule has 0 saturated carbocycles. The fourth-order valence-electron chi connectivity index (χ4n) is 2.15. The third-order valence-electron chi connectivity index (χ3n) is 3.53. The number of benzene rings is 2. The Labute approximate surface area is 139 Å². The predicted molar refractivity (Wildman–Crippen MR) is 87.6 cm³/mol. The van der Waals surface area contributed by atoms with Crippen LogP contribution in [0.5, 0.6) is 5.75 Å². The number of aromatic hydroxyl groups is 1. The van der Waals surface area contributed by atoms with E-state index in [1.165, 1.54) is 41.3 Å². The maximum absolute atomic E-state index is 13.0. The Bertz CT molecular complexity index is 743. The molecule has 126 valence electrons. The van der Waals surface area contributed by atoms with Crippen molar-refractivity contribution in [2.45, 2.75) is 13.8 Å². The maximum atomic E-state index is 13.0. The van der Waals surface area contributed by atoms with Gasteiger partial charge in [-0.3, -0.25) is 4.79 Å². The summed E-state index contributed by atoms with van der Waals surface area (Å²) in [5.74, 6) is -1.53. The fraction of sp³-hybridized carbons (Fsp3) is 0.222. The number of ether oxygens (including phenoxy) is 1. The molecule has 0 unspecified atom stereocenters. The summed E-state index contributed by atoms with van der Waals surface area (Å²) in [7, 11) is 0. The zero-order chi connectivity index (χ0) is 17.7. The standard InChI is InChI=1S/C18H18FNO4/c1-3-20(15-8-6-14(19)7-9-15)17(22)11-24-18(23)13-5-4-12(2)16(21)10-13/h4-10,21H,3,11H2,1-2H3. The summed E-state index contributed by atoms with van der Waals surface area (Å²) >= 11 is 0. The van der Waals surface area contributed by atoms with E-state index in [-0.39, 0.29) is 11.3 Å². The van der Waals surface area contributed by atoms with Crippen LogP contribution < -0.4 is 4.90 Å². The Balaban J connectivity index is 2.01. The van der Waals surface area contributed by atoms with E-state index >= 15 is 0 Å². The van der Waals surface area contributed by atoms with E-state index in [2.05, 4.69) is 0 Å². The molecule has 24 heavy (non-hydrogen) atoms. The van der Waals surface area contributed by atoms with Crippen LogP contribution in [0.3, 0.4) is 0 Å². The van der Waals surface area contributed by atoms with E-state index in [0.717, 1.165) is 0 Å². The number of halogens is 1. The number of phenols is 1. The highest BCUT2D eigenvalue weighted by Crippen LogP contribution is 2.18. The topological polar surface area (TPSA) is 66.8 Å². The zero-order valence-corrected chi connectivity index (χ0v) is 13.5. The van der Waals surface area contributed by atoms with Crippen molar-refractivity contribution in [2.24, 2.45) is 0 Å². The molecule has 0 spiro atoms. The van der Waals surface area contributed by atoms with Crippen molar-refractivity contribution in [2.75, 3.05) is 18.1 Å². The van der Waals surface area contributed by atoms with Gasteiger partial charge < -0.3 is 14.7 Å². The van der Waals surface area contributed by atoms with Gasteiger partial charge in [-0.15, -0.1) is 0 Å². The van der Waals surface area contributed by atoms with Gasteiger partial charge in [-0.2, -0.15) is 0 Å². The number of aryl methyl sites for hydroxylation is 1. The van der Waals surface area contributed by atoms with Gasteiger partial charge in [0.05, 0.1) is 5.56 Å². The van der Waals surface area contributed by atoms with Crippen LogP contribution in [0.2, 0.25) is 0 Å². The summed E-state index contributed by atoms with van der Waals surface area (Å²) in [6, 6.07) is 9.87. The molecule has 1 amide bonds. The third-order valence-corrected chi connectivity index (χ3v) is 3.53. The van der Waals surface area contributed by atoms with Crippen LogP contribution in [0.4, 0.5) is 10.1 Å². The van der Waals surface area contributed by atoms with Crippen LogP contribution in [0.25, 0.3) is 0 Å². The normalized spacial score (nSPS) is 10.3. The minimum atomic E-state index is -0.700. The number of hydrogen-bond acceptors (Lipinski definition) is 4. The average Bonchev–Trinajstić information content (AvgIpc) is 2.57. The number of esters is 1. The van der Waals surface area contributed by atoms with Crippen molar-refractivity contribution in [3.63, 3.8) is 0 Å². The number of rotatable bonds is 5. The molecule has 0 aromatic heterocycles. The Morgan fingerprint density at radius 3 is 2.42 bits per heavy atom. The van der Waals surface area contributed by atoms with Crippen LogP contribution in [0.15, 0.2) is 42.5 Å². The van der Waals surface area contributed by atoms with Gasteiger partial charge in [-0.25, -0.2) is 9.18 Å². The molecule has 0 aliphatic carbocycles. The van der Waals surface area contributed by atoms with E-state index in [4.69, 9.17) is 4.74 Å². The molecule has 0 bridgehead atoms. The van der Waals surface area contributed by atoms with E-state index in [0.29, 0.717) is 17.8 Å². The molecule has 2 rings (SSSR count). The van der Waals surface area contributed by atoms with Gasteiger partial charge in [0.25, 0.3) is 5.91 Å². The van der Waals surface area contributed by atoms with Crippen molar-refractivity contribution >= 4 is 17.6 Å². The first-order valence-corrected chi connectivity index (χ1v) is 7.45. The molecule has 0 aliphatic heterocycles. The lowest BCUT2D eigenvalue weighted by atomic mass is 10.1. The van der Waals surface area contributed by atoms with E-state index in [1.54, 1.807) is 19.9 Å². The Morgan fingerprint density at radius 2 is 1.83 bits per heavy atom. The molecule has 5 nitrogen and oxygen atoms in total. The first-order chi connectivity index (χ1) is 11.4. The molecule has 0 saturated heterocycles. The molecule has 1 N–H and O–H groups in total. The van der Waals surface area contributed by atoms with E-state index in [1.807, 2.05) is 0 Å².